The minimum atomic E-state index is -0.0509. The van der Waals surface area contributed by atoms with Gasteiger partial charge in [-0.1, -0.05) is 37.6 Å². The lowest BCUT2D eigenvalue weighted by molar-refractivity contribution is -0.116. The number of likely N-dealkylation sites (tertiary alicyclic amines) is 1. The number of hydrogen-bond acceptors (Lipinski definition) is 3. The summed E-state index contributed by atoms with van der Waals surface area (Å²) in [6, 6.07) is 7.31. The van der Waals surface area contributed by atoms with Gasteiger partial charge in [-0.15, -0.1) is 0 Å². The first kappa shape index (κ1) is 19.1. The maximum Gasteiger partial charge on any atom is 0.134 e. The van der Waals surface area contributed by atoms with Crippen molar-refractivity contribution >= 4 is 17.4 Å². The second kappa shape index (κ2) is 10.8. The van der Waals surface area contributed by atoms with Crippen LogP contribution in [0.2, 0.25) is 5.02 Å². The zero-order chi connectivity index (χ0) is 15.5. The maximum absolute atomic E-state index is 10.7. The second-order valence-corrected chi connectivity index (χ2v) is 5.15. The molecule has 0 spiro atoms. The molecule has 20 heavy (non-hydrogen) atoms. The molecule has 1 N–H and O–H groups in total. The molecule has 1 atom stereocenters. The molecule has 0 amide bonds. The Hall–Kier alpha value is -0.900. The van der Waals surface area contributed by atoms with Crippen LogP contribution in [0.25, 0.3) is 0 Å². The molecule has 114 valence electrons. The number of aliphatic hydroxyl groups is 1. The van der Waals surface area contributed by atoms with Crippen molar-refractivity contribution in [1.29, 1.82) is 0 Å². The monoisotopic (exact) mass is 299 g/mol. The quantitative estimate of drug-likeness (QED) is 0.912. The third-order valence-electron chi connectivity index (χ3n) is 2.73. The molecule has 1 aromatic carbocycles. The third kappa shape index (κ3) is 9.08. The molecule has 0 saturated carbocycles. The van der Waals surface area contributed by atoms with Crippen LogP contribution in [0.15, 0.2) is 24.3 Å². The van der Waals surface area contributed by atoms with E-state index in [0.717, 1.165) is 25.1 Å². The fourth-order valence-corrected chi connectivity index (χ4v) is 1.93. The Morgan fingerprint density at radius 2 is 1.90 bits per heavy atom. The lowest BCUT2D eigenvalue weighted by Gasteiger charge is -2.02. The van der Waals surface area contributed by atoms with E-state index < -0.39 is 0 Å². The van der Waals surface area contributed by atoms with E-state index >= 15 is 0 Å². The lowest BCUT2D eigenvalue weighted by Crippen LogP contribution is -2.15. The smallest absolute Gasteiger partial charge is 0.134 e. The number of carbonyl (C=O) groups excluding carboxylic acids is 1. The average molecular weight is 300 g/mol. The number of Topliss-reactive ketones (excluding diaryl/α,β-unsaturated/α-hetero) is 1. The van der Waals surface area contributed by atoms with Crippen LogP contribution in [0.3, 0.4) is 0 Å². The number of halogens is 1. The normalized spacial score (nSPS) is 17.6. The Balaban J connectivity index is 0.000000345. The number of nitrogens with zero attached hydrogens (tertiary/aromatic N) is 1. The van der Waals surface area contributed by atoms with Crippen molar-refractivity contribution in [2.45, 2.75) is 39.7 Å². The number of rotatable bonds is 2. The van der Waals surface area contributed by atoms with Gasteiger partial charge in [-0.2, -0.15) is 0 Å². The number of carbonyl (C=O) groups is 1. The van der Waals surface area contributed by atoms with E-state index in [1.807, 2.05) is 33.0 Å². The molecule has 0 aliphatic carbocycles. The van der Waals surface area contributed by atoms with Crippen molar-refractivity contribution in [1.82, 2.24) is 4.90 Å². The Bertz CT molecular complexity index is 371. The van der Waals surface area contributed by atoms with Crippen LogP contribution in [0.4, 0.5) is 0 Å². The first-order valence-electron chi connectivity index (χ1n) is 7.08. The van der Waals surface area contributed by atoms with Crippen molar-refractivity contribution in [3.8, 4) is 0 Å². The van der Waals surface area contributed by atoms with E-state index in [2.05, 4.69) is 4.90 Å². The molecular formula is C16H26ClNO2. The van der Waals surface area contributed by atoms with E-state index in [1.54, 1.807) is 19.1 Å². The van der Waals surface area contributed by atoms with Crippen molar-refractivity contribution in [2.75, 3.05) is 20.1 Å². The number of hydrogen-bond donors (Lipinski definition) is 1. The molecule has 0 radical (unpaired) electrons. The Morgan fingerprint density at radius 1 is 1.35 bits per heavy atom. The van der Waals surface area contributed by atoms with Gasteiger partial charge in [0.05, 0.1) is 6.10 Å². The molecule has 1 aromatic rings. The Morgan fingerprint density at radius 3 is 2.20 bits per heavy atom. The van der Waals surface area contributed by atoms with Crippen LogP contribution in [-0.4, -0.2) is 42.0 Å². The van der Waals surface area contributed by atoms with Gasteiger partial charge in [0, 0.05) is 24.5 Å². The Labute approximate surface area is 127 Å². The van der Waals surface area contributed by atoms with Crippen LogP contribution in [-0.2, 0) is 11.2 Å². The fourth-order valence-electron chi connectivity index (χ4n) is 1.80. The molecule has 3 nitrogen and oxygen atoms in total. The highest BCUT2D eigenvalue weighted by molar-refractivity contribution is 6.30. The van der Waals surface area contributed by atoms with Crippen LogP contribution >= 0.6 is 11.6 Å². The topological polar surface area (TPSA) is 40.5 Å². The molecule has 1 aliphatic heterocycles. The van der Waals surface area contributed by atoms with Gasteiger partial charge in [-0.25, -0.2) is 0 Å². The number of β-amino-alcohol motifs (C(OH)–C–C–N with tert-alkyl or cyclic N) is 1. The SMILES string of the molecule is CC.CC(=O)Cc1ccc(Cl)cc1.CN1CCC(O)C1. The largest absolute Gasteiger partial charge is 0.392 e. The first-order chi connectivity index (χ1) is 9.47. The van der Waals surface area contributed by atoms with E-state index in [1.165, 1.54) is 0 Å². The summed E-state index contributed by atoms with van der Waals surface area (Å²) in [5, 5.41) is 9.56. The second-order valence-electron chi connectivity index (χ2n) is 4.71. The van der Waals surface area contributed by atoms with Gasteiger partial charge in [0.1, 0.15) is 5.78 Å². The first-order valence-corrected chi connectivity index (χ1v) is 7.45. The highest BCUT2D eigenvalue weighted by Gasteiger charge is 2.15. The summed E-state index contributed by atoms with van der Waals surface area (Å²) in [5.74, 6) is 0.173. The summed E-state index contributed by atoms with van der Waals surface area (Å²) in [4.78, 5) is 12.8. The number of ketones is 1. The van der Waals surface area contributed by atoms with Crippen LogP contribution in [0, 0.1) is 0 Å². The molecule has 0 aromatic heterocycles. The molecule has 4 heteroatoms. The molecule has 1 aliphatic rings. The summed E-state index contributed by atoms with van der Waals surface area (Å²) < 4.78 is 0. The number of aliphatic hydroxyl groups excluding tert-OH is 1. The lowest BCUT2D eigenvalue weighted by atomic mass is 10.1. The maximum atomic E-state index is 10.7. The van der Waals surface area contributed by atoms with Gasteiger partial charge in [0.25, 0.3) is 0 Å². The molecule has 2 rings (SSSR count). The van der Waals surface area contributed by atoms with E-state index in [-0.39, 0.29) is 11.9 Å². The van der Waals surface area contributed by atoms with Crippen molar-refractivity contribution in [2.24, 2.45) is 0 Å². The van der Waals surface area contributed by atoms with Gasteiger partial charge in [-0.3, -0.25) is 4.79 Å². The molecule has 1 saturated heterocycles. The number of likely N-dealkylation sites (N-methyl/N-ethyl adjacent to an activating group) is 1. The summed E-state index contributed by atoms with van der Waals surface area (Å²) in [6.07, 6.45) is 1.40. The molecular weight excluding hydrogens is 274 g/mol. The van der Waals surface area contributed by atoms with E-state index in [9.17, 15) is 4.79 Å². The van der Waals surface area contributed by atoms with E-state index in [4.69, 9.17) is 16.7 Å². The van der Waals surface area contributed by atoms with Gasteiger partial charge in [0.2, 0.25) is 0 Å². The van der Waals surface area contributed by atoms with Gasteiger partial charge in [0.15, 0.2) is 0 Å². The molecule has 1 unspecified atom stereocenters. The van der Waals surface area contributed by atoms with Gasteiger partial charge >= 0.3 is 0 Å². The summed E-state index contributed by atoms with van der Waals surface area (Å²) in [5.41, 5.74) is 1.02. The number of benzene rings is 1. The molecule has 1 fully saturated rings. The van der Waals surface area contributed by atoms with Gasteiger partial charge < -0.3 is 10.0 Å². The van der Waals surface area contributed by atoms with Crippen molar-refractivity contribution in [3.05, 3.63) is 34.9 Å². The average Bonchev–Trinajstić information content (AvgIpc) is 2.79. The fraction of sp³-hybridized carbons (Fsp3) is 0.562. The summed E-state index contributed by atoms with van der Waals surface area (Å²) >= 11 is 5.66. The zero-order valence-corrected chi connectivity index (χ0v) is 13.7. The standard InChI is InChI=1S/C9H9ClO.C5H11NO.C2H6/c1-7(11)6-8-2-4-9(10)5-3-8;1-6-3-2-5(7)4-6;1-2/h2-5H,6H2,1H3;5,7H,2-4H2,1H3;1-2H3. The van der Waals surface area contributed by atoms with E-state index in [0.29, 0.717) is 11.4 Å². The minimum absolute atomic E-state index is 0.0509. The highest BCUT2D eigenvalue weighted by atomic mass is 35.5. The summed E-state index contributed by atoms with van der Waals surface area (Å²) in [6.45, 7) is 7.50. The van der Waals surface area contributed by atoms with Crippen LogP contribution in [0.1, 0.15) is 32.8 Å². The third-order valence-corrected chi connectivity index (χ3v) is 2.98. The Kier molecular flexibility index (Phi) is 10.3. The summed E-state index contributed by atoms with van der Waals surface area (Å²) in [7, 11) is 2.02. The minimum Gasteiger partial charge on any atom is -0.392 e. The van der Waals surface area contributed by atoms with Crippen LogP contribution in [0.5, 0.6) is 0 Å². The predicted octanol–water partition coefficient (Wildman–Crippen LogP) is 3.18. The predicted molar refractivity (Wildman–Crippen MR) is 85.3 cm³/mol. The van der Waals surface area contributed by atoms with Crippen LogP contribution < -0.4 is 0 Å². The van der Waals surface area contributed by atoms with Gasteiger partial charge in [-0.05, 0) is 38.1 Å². The highest BCUT2D eigenvalue weighted by Crippen LogP contribution is 2.09. The van der Waals surface area contributed by atoms with Crippen molar-refractivity contribution < 1.29 is 9.90 Å². The van der Waals surface area contributed by atoms with Crippen molar-refractivity contribution in [3.63, 3.8) is 0 Å². The molecule has 0 bridgehead atoms. The molecule has 1 heterocycles. The zero-order valence-electron chi connectivity index (χ0n) is 12.9.